The van der Waals surface area contributed by atoms with Gasteiger partial charge in [-0.1, -0.05) is 151 Å². The van der Waals surface area contributed by atoms with Gasteiger partial charge in [-0.2, -0.15) is 0 Å². The van der Waals surface area contributed by atoms with Crippen molar-refractivity contribution in [3.05, 3.63) is 168 Å². The fourth-order valence-electron chi connectivity index (χ4n) is 6.94. The van der Waals surface area contributed by atoms with E-state index in [9.17, 15) is 0 Å². The minimum absolute atomic E-state index is 0.242. The van der Waals surface area contributed by atoms with Crippen LogP contribution in [0.2, 0.25) is 0 Å². The molecule has 2 unspecified atom stereocenters. The number of hydrogen-bond donors (Lipinski definition) is 0. The molecule has 0 aliphatic carbocycles. The molecule has 1 heterocycles. The van der Waals surface area contributed by atoms with E-state index in [4.69, 9.17) is 27.1 Å². The topological polar surface area (TPSA) is 55.4 Å². The normalized spacial score (nSPS) is 16.7. The molecule has 2 atom stereocenters. The summed E-state index contributed by atoms with van der Waals surface area (Å²) in [5.41, 5.74) is 6.04. The van der Waals surface area contributed by atoms with Crippen molar-refractivity contribution in [1.29, 1.82) is 0 Å². The Bertz CT molecular complexity index is 2100. The molecule has 0 N–H and O–H groups in total. The molecular weight excluding hydrogens is 722 g/mol. The molecule has 0 saturated carbocycles. The van der Waals surface area contributed by atoms with Crippen molar-refractivity contribution in [3.8, 4) is 45.6 Å². The first-order valence-corrected chi connectivity index (χ1v) is 21.2. The van der Waals surface area contributed by atoms with Crippen LogP contribution in [-0.2, 0) is 0 Å². The van der Waals surface area contributed by atoms with Gasteiger partial charge in [0.1, 0.15) is 34.5 Å². The molecule has 0 aromatic heterocycles. The van der Waals surface area contributed by atoms with Gasteiger partial charge >= 0.3 is 17.2 Å². The summed E-state index contributed by atoms with van der Waals surface area (Å²) in [5, 5.41) is 0. The Balaban J connectivity index is 1.25. The summed E-state index contributed by atoms with van der Waals surface area (Å²) in [5.74, 6) is 5.18. The Labute approximate surface area is 328 Å². The second-order valence-corrected chi connectivity index (χ2v) is 16.5. The van der Waals surface area contributed by atoms with Crippen LogP contribution < -0.4 is 27.1 Å². The van der Waals surface area contributed by atoms with Gasteiger partial charge < -0.3 is 27.1 Å². The fourth-order valence-corrected chi connectivity index (χ4v) is 9.11. The number of para-hydroxylation sites is 6. The van der Waals surface area contributed by atoms with Gasteiger partial charge in [0, 0.05) is 11.1 Å². The van der Waals surface area contributed by atoms with Crippen LogP contribution in [0, 0.1) is 0 Å². The third-order valence-electron chi connectivity index (χ3n) is 9.79. The first kappa shape index (κ1) is 38.3. The lowest BCUT2D eigenvalue weighted by Gasteiger charge is -2.27. The molecule has 7 rings (SSSR count). The maximum Gasteiger partial charge on any atom is 0.530 e. The van der Waals surface area contributed by atoms with Crippen molar-refractivity contribution in [2.24, 2.45) is 0 Å². The maximum atomic E-state index is 6.81. The van der Waals surface area contributed by atoms with Crippen molar-refractivity contribution in [2.45, 2.75) is 71.6 Å². The molecule has 6 aromatic carbocycles. The van der Waals surface area contributed by atoms with E-state index in [1.807, 2.05) is 109 Å². The predicted octanol–water partition coefficient (Wildman–Crippen LogP) is 14.7. The van der Waals surface area contributed by atoms with E-state index < -0.39 is 17.2 Å². The summed E-state index contributed by atoms with van der Waals surface area (Å²) in [7, 11) is -3.91. The third kappa shape index (κ3) is 9.10. The van der Waals surface area contributed by atoms with Crippen molar-refractivity contribution in [3.63, 3.8) is 0 Å². The highest BCUT2D eigenvalue weighted by molar-refractivity contribution is 7.43. The van der Waals surface area contributed by atoms with Gasteiger partial charge in [0.15, 0.2) is 0 Å². The average molecular weight is 771 g/mol. The highest BCUT2D eigenvalue weighted by Crippen LogP contribution is 2.52. The maximum absolute atomic E-state index is 6.81. The van der Waals surface area contributed by atoms with Crippen LogP contribution in [0.15, 0.2) is 146 Å². The molecule has 0 spiro atoms. The molecule has 8 heteroatoms. The Hall–Kier alpha value is -5.02. The standard InChI is InChI=1S/C47H48O6P2/c1-32(2)36-19-7-13-25-42(36)48-54(49-43-26-14-8-20-37(43)33(3)4)52-46-29-17-11-23-40(46)41-24-12-18-30-47(41)53-55-50-44-27-15-9-21-38(44)34(5)31-35(6)39-22-10-16-28-45(39)51-55/h7-30,32-35H,31H2,1-6H3. The SMILES string of the molecule is CC(C)c1ccccc1OP(Oc1ccccc1-c1ccccc1OP1Oc2ccccc2C(C)CC(C)c2ccccc2O1)Oc1ccccc1C(C)C. The average Bonchev–Trinajstić information content (AvgIpc) is 3.18. The van der Waals surface area contributed by atoms with Gasteiger partial charge in [-0.3, -0.25) is 0 Å². The van der Waals surface area contributed by atoms with Crippen LogP contribution in [0.1, 0.15) is 93.9 Å². The zero-order chi connectivity index (χ0) is 38.3. The zero-order valence-corrected chi connectivity index (χ0v) is 34.0. The molecule has 282 valence electrons. The van der Waals surface area contributed by atoms with Crippen LogP contribution >= 0.6 is 17.2 Å². The number of benzene rings is 6. The Kier molecular flexibility index (Phi) is 12.3. The lowest BCUT2D eigenvalue weighted by atomic mass is 9.86. The van der Waals surface area contributed by atoms with Gasteiger partial charge in [-0.15, -0.1) is 0 Å². The quantitative estimate of drug-likeness (QED) is 0.122. The molecular formula is C47H48O6P2. The summed E-state index contributed by atoms with van der Waals surface area (Å²) >= 11 is 0. The van der Waals surface area contributed by atoms with E-state index in [2.05, 4.69) is 77.9 Å². The summed E-state index contributed by atoms with van der Waals surface area (Å²) < 4.78 is 40.3. The highest BCUT2D eigenvalue weighted by Gasteiger charge is 2.30. The third-order valence-corrected chi connectivity index (χ3v) is 11.9. The van der Waals surface area contributed by atoms with E-state index in [0.717, 1.165) is 62.8 Å². The molecule has 0 radical (unpaired) electrons. The zero-order valence-electron chi connectivity index (χ0n) is 32.2. The van der Waals surface area contributed by atoms with Gasteiger partial charge in [0.2, 0.25) is 0 Å². The molecule has 0 fully saturated rings. The van der Waals surface area contributed by atoms with Crippen LogP contribution in [0.4, 0.5) is 0 Å². The first-order valence-electron chi connectivity index (χ1n) is 19.0. The lowest BCUT2D eigenvalue weighted by molar-refractivity contribution is 0.376. The Morgan fingerprint density at radius 2 is 0.873 bits per heavy atom. The molecule has 6 nitrogen and oxygen atoms in total. The molecule has 0 saturated heterocycles. The van der Waals surface area contributed by atoms with Gasteiger partial charge in [-0.05, 0) is 88.7 Å². The van der Waals surface area contributed by atoms with Crippen molar-refractivity contribution in [2.75, 3.05) is 0 Å². The monoisotopic (exact) mass is 770 g/mol. The van der Waals surface area contributed by atoms with Crippen molar-refractivity contribution < 1.29 is 27.1 Å². The van der Waals surface area contributed by atoms with Gasteiger partial charge in [-0.25, -0.2) is 0 Å². The van der Waals surface area contributed by atoms with Crippen LogP contribution in [0.3, 0.4) is 0 Å². The first-order chi connectivity index (χ1) is 26.7. The highest BCUT2D eigenvalue weighted by atomic mass is 31.2. The largest absolute Gasteiger partial charge is 0.530 e. The Morgan fingerprint density at radius 1 is 0.491 bits per heavy atom. The minimum Gasteiger partial charge on any atom is -0.408 e. The summed E-state index contributed by atoms with van der Waals surface area (Å²) in [4.78, 5) is 0. The number of rotatable bonds is 11. The molecule has 55 heavy (non-hydrogen) atoms. The van der Waals surface area contributed by atoms with E-state index in [0.29, 0.717) is 11.5 Å². The fraction of sp³-hybridized carbons (Fsp3) is 0.234. The van der Waals surface area contributed by atoms with E-state index in [1.165, 1.54) is 0 Å². The molecule has 1 aliphatic heterocycles. The molecule has 6 aromatic rings. The summed E-state index contributed by atoms with van der Waals surface area (Å²) in [6.45, 7) is 13.1. The number of fused-ring (bicyclic) bond motifs is 2. The minimum atomic E-state index is -1.97. The van der Waals surface area contributed by atoms with E-state index in [1.54, 1.807) is 0 Å². The second kappa shape index (κ2) is 17.6. The Morgan fingerprint density at radius 3 is 1.38 bits per heavy atom. The number of hydrogen-bond acceptors (Lipinski definition) is 6. The molecule has 0 amide bonds. The van der Waals surface area contributed by atoms with E-state index >= 15 is 0 Å². The van der Waals surface area contributed by atoms with Crippen LogP contribution in [-0.4, -0.2) is 0 Å². The lowest BCUT2D eigenvalue weighted by Crippen LogP contribution is -2.10. The van der Waals surface area contributed by atoms with Crippen LogP contribution in [0.25, 0.3) is 11.1 Å². The van der Waals surface area contributed by atoms with Gasteiger partial charge in [0.05, 0.1) is 0 Å². The van der Waals surface area contributed by atoms with Crippen molar-refractivity contribution >= 4 is 17.2 Å². The van der Waals surface area contributed by atoms with Crippen molar-refractivity contribution in [1.82, 2.24) is 0 Å². The molecule has 1 aliphatic rings. The smallest absolute Gasteiger partial charge is 0.408 e. The summed E-state index contributed by atoms with van der Waals surface area (Å²) in [6.07, 6.45) is 0.960. The predicted molar refractivity (Wildman–Crippen MR) is 225 cm³/mol. The van der Waals surface area contributed by atoms with Gasteiger partial charge in [0.25, 0.3) is 0 Å². The second-order valence-electron chi connectivity index (χ2n) is 14.5. The molecule has 0 bridgehead atoms. The van der Waals surface area contributed by atoms with Crippen LogP contribution in [0.5, 0.6) is 34.5 Å². The van der Waals surface area contributed by atoms with E-state index in [-0.39, 0.29) is 23.7 Å². The summed E-state index contributed by atoms with van der Waals surface area (Å²) in [6, 6.07) is 48.3.